The molecule has 4 rings (SSSR count). The lowest BCUT2D eigenvalue weighted by atomic mass is 10.1. The predicted molar refractivity (Wildman–Crippen MR) is 108 cm³/mol. The summed E-state index contributed by atoms with van der Waals surface area (Å²) in [6, 6.07) is 18.3. The molecule has 136 valence electrons. The van der Waals surface area contributed by atoms with Crippen LogP contribution in [0.2, 0.25) is 0 Å². The van der Waals surface area contributed by atoms with Gasteiger partial charge in [0.25, 0.3) is 11.5 Å². The van der Waals surface area contributed by atoms with Gasteiger partial charge in [-0.25, -0.2) is 9.67 Å². The molecule has 0 saturated carbocycles. The minimum absolute atomic E-state index is 0.0663. The highest BCUT2D eigenvalue weighted by Gasteiger charge is 2.13. The maximum atomic E-state index is 12.6. The lowest BCUT2D eigenvalue weighted by Gasteiger charge is -2.10. The number of aromatic nitrogens is 3. The van der Waals surface area contributed by atoms with Gasteiger partial charge in [0.2, 0.25) is 0 Å². The number of benzene rings is 2. The number of rotatable bonds is 4. The van der Waals surface area contributed by atoms with Crippen molar-refractivity contribution in [2.45, 2.75) is 13.1 Å². The summed E-state index contributed by atoms with van der Waals surface area (Å²) in [7, 11) is 0. The highest BCUT2D eigenvalue weighted by Crippen LogP contribution is 2.14. The van der Waals surface area contributed by atoms with Gasteiger partial charge in [0.05, 0.1) is 23.1 Å². The Morgan fingerprint density at radius 2 is 1.79 bits per heavy atom. The van der Waals surface area contributed by atoms with Crippen molar-refractivity contribution in [2.24, 2.45) is 0 Å². The van der Waals surface area contributed by atoms with Crippen LogP contribution in [-0.2, 0) is 13.1 Å². The van der Waals surface area contributed by atoms with E-state index >= 15 is 0 Å². The molecule has 0 radical (unpaired) electrons. The molecule has 2 heterocycles. The van der Waals surface area contributed by atoms with Crippen LogP contribution in [-0.4, -0.2) is 20.7 Å². The van der Waals surface area contributed by atoms with Crippen molar-refractivity contribution in [1.29, 1.82) is 0 Å². The van der Waals surface area contributed by atoms with Crippen LogP contribution in [0, 0.1) is 12.3 Å². The van der Waals surface area contributed by atoms with Crippen molar-refractivity contribution in [1.82, 2.24) is 20.1 Å². The Bertz CT molecular complexity index is 1300. The first-order chi connectivity index (χ1) is 13.7. The van der Waals surface area contributed by atoms with Crippen molar-refractivity contribution in [2.75, 3.05) is 0 Å². The van der Waals surface area contributed by atoms with E-state index in [0.717, 1.165) is 10.9 Å². The van der Waals surface area contributed by atoms with Gasteiger partial charge in [-0.05, 0) is 18.2 Å². The van der Waals surface area contributed by atoms with Crippen molar-refractivity contribution in [3.63, 3.8) is 0 Å². The summed E-state index contributed by atoms with van der Waals surface area (Å²) in [5.74, 6) is 2.11. The Balaban J connectivity index is 1.64. The van der Waals surface area contributed by atoms with Crippen LogP contribution in [0.25, 0.3) is 21.7 Å². The molecule has 1 amide bonds. The van der Waals surface area contributed by atoms with Crippen molar-refractivity contribution < 1.29 is 4.79 Å². The number of nitrogens with one attached hydrogen (secondary N) is 1. The van der Waals surface area contributed by atoms with E-state index < -0.39 is 0 Å². The van der Waals surface area contributed by atoms with E-state index in [1.807, 2.05) is 36.4 Å². The molecule has 28 heavy (non-hydrogen) atoms. The normalized spacial score (nSPS) is 10.7. The van der Waals surface area contributed by atoms with E-state index in [1.165, 1.54) is 4.68 Å². The summed E-state index contributed by atoms with van der Waals surface area (Å²) in [4.78, 5) is 29.4. The first-order valence-corrected chi connectivity index (χ1v) is 8.73. The molecule has 2 aromatic carbocycles. The Morgan fingerprint density at radius 1 is 1.04 bits per heavy atom. The van der Waals surface area contributed by atoms with Gasteiger partial charge in [0, 0.05) is 10.8 Å². The maximum absolute atomic E-state index is 12.6. The fraction of sp³-hybridized carbons (Fsp3) is 0.0909. The van der Waals surface area contributed by atoms with E-state index in [-0.39, 0.29) is 24.6 Å². The second-order valence-electron chi connectivity index (χ2n) is 6.23. The van der Waals surface area contributed by atoms with Crippen LogP contribution < -0.4 is 10.9 Å². The summed E-state index contributed by atoms with van der Waals surface area (Å²) in [6.45, 7) is 0.218. The first-order valence-electron chi connectivity index (χ1n) is 8.73. The van der Waals surface area contributed by atoms with E-state index in [9.17, 15) is 9.59 Å². The molecular weight excluding hydrogens is 352 g/mol. The second kappa shape index (κ2) is 7.33. The van der Waals surface area contributed by atoms with Gasteiger partial charge in [-0.1, -0.05) is 48.4 Å². The number of para-hydroxylation sites is 1. The highest BCUT2D eigenvalue weighted by molar-refractivity contribution is 5.95. The van der Waals surface area contributed by atoms with Crippen LogP contribution in [0.15, 0.2) is 65.5 Å². The van der Waals surface area contributed by atoms with Gasteiger partial charge in [-0.3, -0.25) is 9.59 Å². The van der Waals surface area contributed by atoms with Crippen molar-refractivity contribution in [3.05, 3.63) is 82.4 Å². The molecule has 0 spiro atoms. The zero-order valence-electron chi connectivity index (χ0n) is 14.9. The van der Waals surface area contributed by atoms with Gasteiger partial charge in [-0.2, -0.15) is 5.10 Å². The standard InChI is InChI=1S/C22H16N4O2/c1-2-13-26-22(28)17-9-5-4-8-16(17)20(25-26)14-23-21(27)19-12-11-15-7-3-6-10-18(15)24-19/h1,3-12H,13-14H2,(H,23,27). The van der Waals surface area contributed by atoms with Gasteiger partial charge in [0.15, 0.2) is 0 Å². The smallest absolute Gasteiger partial charge is 0.275 e. The Morgan fingerprint density at radius 3 is 2.61 bits per heavy atom. The number of carbonyl (C=O) groups is 1. The van der Waals surface area contributed by atoms with E-state index in [0.29, 0.717) is 22.2 Å². The third kappa shape index (κ3) is 3.21. The Hall–Kier alpha value is -3.98. The van der Waals surface area contributed by atoms with Crippen LogP contribution in [0.1, 0.15) is 16.2 Å². The van der Waals surface area contributed by atoms with Crippen LogP contribution in [0.4, 0.5) is 0 Å². The van der Waals surface area contributed by atoms with Crippen molar-refractivity contribution >= 4 is 27.6 Å². The SMILES string of the molecule is C#CCn1nc(CNC(=O)c2ccc3ccccc3n2)c2ccccc2c1=O. The lowest BCUT2D eigenvalue weighted by Crippen LogP contribution is -2.28. The van der Waals surface area contributed by atoms with Crippen LogP contribution in [0.5, 0.6) is 0 Å². The predicted octanol–water partition coefficient (Wildman–Crippen LogP) is 2.51. The summed E-state index contributed by atoms with van der Waals surface area (Å²) in [5, 5.41) is 9.33. The number of carbonyl (C=O) groups excluding carboxylic acids is 1. The van der Waals surface area contributed by atoms with Gasteiger partial charge < -0.3 is 5.32 Å². The molecule has 0 unspecified atom stereocenters. The fourth-order valence-corrected chi connectivity index (χ4v) is 3.08. The molecule has 0 aliphatic heterocycles. The average Bonchev–Trinajstić information content (AvgIpc) is 2.74. The zero-order valence-corrected chi connectivity index (χ0v) is 14.9. The van der Waals surface area contributed by atoms with E-state index in [1.54, 1.807) is 24.3 Å². The molecule has 0 fully saturated rings. The molecule has 6 nitrogen and oxygen atoms in total. The molecule has 0 saturated heterocycles. The highest BCUT2D eigenvalue weighted by atomic mass is 16.2. The number of hydrogen-bond acceptors (Lipinski definition) is 4. The number of pyridine rings is 1. The molecule has 0 bridgehead atoms. The van der Waals surface area contributed by atoms with Gasteiger partial charge >= 0.3 is 0 Å². The Kier molecular flexibility index (Phi) is 4.56. The summed E-state index contributed by atoms with van der Waals surface area (Å²) < 4.78 is 1.23. The van der Waals surface area contributed by atoms with Crippen LogP contribution in [0.3, 0.4) is 0 Å². The molecular formula is C22H16N4O2. The third-order valence-corrected chi connectivity index (χ3v) is 4.43. The molecule has 4 aromatic rings. The number of amides is 1. The third-order valence-electron chi connectivity index (χ3n) is 4.43. The van der Waals surface area contributed by atoms with Crippen molar-refractivity contribution in [3.8, 4) is 12.3 Å². The molecule has 0 atom stereocenters. The number of nitrogens with zero attached hydrogens (tertiary/aromatic N) is 3. The minimum atomic E-state index is -0.314. The quantitative estimate of drug-likeness (QED) is 0.562. The molecule has 0 aliphatic rings. The monoisotopic (exact) mass is 368 g/mol. The van der Waals surface area contributed by atoms with E-state index in [2.05, 4.69) is 21.3 Å². The zero-order chi connectivity index (χ0) is 19.5. The number of hydrogen-bond donors (Lipinski definition) is 1. The molecule has 1 N–H and O–H groups in total. The molecule has 2 aromatic heterocycles. The maximum Gasteiger partial charge on any atom is 0.275 e. The van der Waals surface area contributed by atoms with Gasteiger partial charge in [-0.15, -0.1) is 6.42 Å². The van der Waals surface area contributed by atoms with Gasteiger partial charge in [0.1, 0.15) is 12.2 Å². The van der Waals surface area contributed by atoms with E-state index in [4.69, 9.17) is 6.42 Å². The molecule has 0 aliphatic carbocycles. The second-order valence-corrected chi connectivity index (χ2v) is 6.23. The summed E-state index contributed by atoms with van der Waals surface area (Å²) in [5.41, 5.74) is 1.39. The lowest BCUT2D eigenvalue weighted by molar-refractivity contribution is 0.0946. The largest absolute Gasteiger partial charge is 0.345 e. The van der Waals surface area contributed by atoms with Crippen LogP contribution >= 0.6 is 0 Å². The first kappa shape index (κ1) is 17.4. The minimum Gasteiger partial charge on any atom is -0.345 e. The average molecular weight is 368 g/mol. The topological polar surface area (TPSA) is 76.9 Å². The number of fused-ring (bicyclic) bond motifs is 2. The fourth-order valence-electron chi connectivity index (χ4n) is 3.08. The molecule has 6 heteroatoms. The summed E-state index contributed by atoms with van der Waals surface area (Å²) >= 11 is 0. The summed E-state index contributed by atoms with van der Waals surface area (Å²) in [6.07, 6.45) is 5.34. The Labute approximate surface area is 160 Å². The number of terminal acetylenes is 1.